The number of ether oxygens (including phenoxy) is 1. The van der Waals surface area contributed by atoms with Crippen molar-refractivity contribution in [1.29, 1.82) is 0 Å². The smallest absolute Gasteiger partial charge is 0.412 e. The van der Waals surface area contributed by atoms with E-state index in [1.165, 1.54) is 40.8 Å². The summed E-state index contributed by atoms with van der Waals surface area (Å²) in [6, 6.07) is 12.7. The fourth-order valence-electron chi connectivity index (χ4n) is 5.56. The van der Waals surface area contributed by atoms with Crippen LogP contribution in [0.4, 0.5) is 9.93 Å². The average molecular weight is 616 g/mol. The van der Waals surface area contributed by atoms with Gasteiger partial charge in [-0.05, 0) is 42.5 Å². The Morgan fingerprint density at radius 1 is 1.05 bits per heavy atom. The van der Waals surface area contributed by atoms with Crippen LogP contribution in [0.15, 0.2) is 84.0 Å². The van der Waals surface area contributed by atoms with E-state index in [-0.39, 0.29) is 35.8 Å². The third-order valence-corrected chi connectivity index (χ3v) is 9.99. The highest BCUT2D eigenvalue weighted by atomic mass is 32.2. The van der Waals surface area contributed by atoms with Gasteiger partial charge in [0.05, 0.1) is 5.69 Å². The highest BCUT2D eigenvalue weighted by Gasteiger charge is 2.43. The summed E-state index contributed by atoms with van der Waals surface area (Å²) in [5, 5.41) is 8.08. The van der Waals surface area contributed by atoms with Crippen molar-refractivity contribution in [2.75, 3.05) is 11.1 Å². The summed E-state index contributed by atoms with van der Waals surface area (Å²) in [6.45, 7) is 0.112. The van der Waals surface area contributed by atoms with Gasteiger partial charge in [-0.3, -0.25) is 19.5 Å². The number of amides is 3. The van der Waals surface area contributed by atoms with E-state index < -0.39 is 12.1 Å². The standard InChI is InChI=1S/C32H33N5O4S2/c38-28(34-25-8-4-5-9-25)23-12-10-22(11-13-23)26-19-43-31(35-26)36-29(39)27-20-42-30(24-14-16-33-17-15-24)37(27)32(40)41-18-21-6-2-1-3-7-21/h1-3,6-7,10,12-17,19,22,25,27,30H,4-5,8-9,11,18,20H2,(H,34,38)(H,35,36,39)/t22?,27-,30?/m0/s1. The van der Waals surface area contributed by atoms with Crippen molar-refractivity contribution in [3.05, 3.63) is 101 Å². The highest BCUT2D eigenvalue weighted by Crippen LogP contribution is 2.42. The van der Waals surface area contributed by atoms with Crippen LogP contribution >= 0.6 is 23.1 Å². The zero-order valence-corrected chi connectivity index (χ0v) is 25.2. The minimum Gasteiger partial charge on any atom is -0.444 e. The average Bonchev–Trinajstić information content (AvgIpc) is 3.83. The Labute approximate surface area is 258 Å². The molecule has 2 aliphatic carbocycles. The van der Waals surface area contributed by atoms with Crippen molar-refractivity contribution in [1.82, 2.24) is 20.2 Å². The number of pyridine rings is 1. The molecule has 3 aliphatic rings. The maximum Gasteiger partial charge on any atom is 0.412 e. The first-order valence-corrected chi connectivity index (χ1v) is 16.4. The van der Waals surface area contributed by atoms with Crippen LogP contribution < -0.4 is 10.6 Å². The molecule has 222 valence electrons. The van der Waals surface area contributed by atoms with Crippen LogP contribution in [0, 0.1) is 0 Å². The molecule has 3 aromatic rings. The highest BCUT2D eigenvalue weighted by molar-refractivity contribution is 7.99. The Morgan fingerprint density at radius 3 is 2.58 bits per heavy atom. The summed E-state index contributed by atoms with van der Waals surface area (Å²) in [5.41, 5.74) is 3.26. The minimum absolute atomic E-state index is 0.0146. The molecule has 3 heterocycles. The molecular weight excluding hydrogens is 583 g/mol. The molecule has 0 radical (unpaired) electrons. The van der Waals surface area contributed by atoms with Gasteiger partial charge in [0.25, 0.3) is 5.91 Å². The number of rotatable bonds is 8. The first-order chi connectivity index (χ1) is 21.0. The molecule has 1 saturated carbocycles. The Kier molecular flexibility index (Phi) is 9.18. The first kappa shape index (κ1) is 29.1. The van der Waals surface area contributed by atoms with Crippen molar-refractivity contribution in [2.45, 2.75) is 62.1 Å². The number of nitrogens with zero attached hydrogens (tertiary/aromatic N) is 3. The van der Waals surface area contributed by atoms with Gasteiger partial charge in [0.2, 0.25) is 5.91 Å². The van der Waals surface area contributed by atoms with E-state index in [1.807, 2.05) is 66.1 Å². The summed E-state index contributed by atoms with van der Waals surface area (Å²) < 4.78 is 5.66. The van der Waals surface area contributed by atoms with E-state index in [0.29, 0.717) is 22.9 Å². The lowest BCUT2D eigenvalue weighted by Crippen LogP contribution is -2.45. The number of carbonyl (C=O) groups is 3. The second-order valence-electron chi connectivity index (χ2n) is 10.8. The summed E-state index contributed by atoms with van der Waals surface area (Å²) >= 11 is 2.86. The lowest BCUT2D eigenvalue weighted by Gasteiger charge is -2.28. The predicted molar refractivity (Wildman–Crippen MR) is 167 cm³/mol. The number of nitrogens with one attached hydrogen (secondary N) is 2. The summed E-state index contributed by atoms with van der Waals surface area (Å²) in [7, 11) is 0. The number of anilines is 1. The summed E-state index contributed by atoms with van der Waals surface area (Å²) in [6.07, 6.45) is 13.7. The van der Waals surface area contributed by atoms with E-state index in [0.717, 1.165) is 29.7 Å². The first-order valence-electron chi connectivity index (χ1n) is 14.5. The van der Waals surface area contributed by atoms with Crippen LogP contribution in [0.5, 0.6) is 0 Å². The van der Waals surface area contributed by atoms with Gasteiger partial charge in [-0.15, -0.1) is 23.1 Å². The maximum absolute atomic E-state index is 13.5. The number of carbonyl (C=O) groups excluding carboxylic acids is 3. The third kappa shape index (κ3) is 7.00. The van der Waals surface area contributed by atoms with Crippen LogP contribution in [-0.4, -0.2) is 50.6 Å². The molecule has 2 fully saturated rings. The molecule has 0 bridgehead atoms. The molecule has 2 aromatic heterocycles. The molecule has 3 amide bonds. The molecule has 6 rings (SSSR count). The molecular formula is C32H33N5O4S2. The zero-order valence-electron chi connectivity index (χ0n) is 23.6. The zero-order chi connectivity index (χ0) is 29.6. The van der Waals surface area contributed by atoms with E-state index >= 15 is 0 Å². The number of aromatic nitrogens is 2. The second kappa shape index (κ2) is 13.6. The summed E-state index contributed by atoms with van der Waals surface area (Å²) in [4.78, 5) is 49.8. The normalized spacial score (nSPS) is 21.8. The van der Waals surface area contributed by atoms with Gasteiger partial charge in [0, 0.05) is 41.1 Å². The number of allylic oxidation sites excluding steroid dienone is 2. The van der Waals surface area contributed by atoms with E-state index in [4.69, 9.17) is 4.74 Å². The summed E-state index contributed by atoms with van der Waals surface area (Å²) in [5.74, 6) is 0.109. The van der Waals surface area contributed by atoms with Gasteiger partial charge < -0.3 is 15.4 Å². The fourth-order valence-corrected chi connectivity index (χ4v) is 7.76. The Bertz CT molecular complexity index is 1500. The van der Waals surface area contributed by atoms with Crippen LogP contribution in [0.1, 0.15) is 60.2 Å². The third-order valence-electron chi connectivity index (χ3n) is 7.89. The Balaban J connectivity index is 1.09. The predicted octanol–water partition coefficient (Wildman–Crippen LogP) is 5.96. The van der Waals surface area contributed by atoms with Crippen molar-refractivity contribution >= 4 is 46.1 Å². The molecule has 3 atom stereocenters. The number of thioether (sulfide) groups is 1. The van der Waals surface area contributed by atoms with E-state index in [1.54, 1.807) is 12.4 Å². The van der Waals surface area contributed by atoms with Crippen molar-refractivity contribution in [2.24, 2.45) is 0 Å². The molecule has 43 heavy (non-hydrogen) atoms. The van der Waals surface area contributed by atoms with Gasteiger partial charge in [-0.2, -0.15) is 0 Å². The van der Waals surface area contributed by atoms with Gasteiger partial charge in [-0.1, -0.05) is 61.4 Å². The van der Waals surface area contributed by atoms with E-state index in [2.05, 4.69) is 20.6 Å². The number of hydrogen-bond acceptors (Lipinski definition) is 8. The number of hydrogen-bond donors (Lipinski definition) is 2. The van der Waals surface area contributed by atoms with Crippen LogP contribution in [0.3, 0.4) is 0 Å². The SMILES string of the molecule is O=C(NC1CCCC1)C1=CCC(c2csc(NC(=O)[C@@H]3CSC(c4ccncc4)N3C(=O)OCc3ccccc3)n2)C=C1. The fraction of sp³-hybridized carbons (Fsp3) is 0.344. The monoisotopic (exact) mass is 615 g/mol. The maximum atomic E-state index is 13.5. The van der Waals surface area contributed by atoms with Gasteiger partial charge in [-0.25, -0.2) is 9.78 Å². The Hall–Kier alpha value is -3.96. The molecule has 11 heteroatoms. The van der Waals surface area contributed by atoms with Crippen LogP contribution in [0.2, 0.25) is 0 Å². The molecule has 2 unspecified atom stereocenters. The quantitative estimate of drug-likeness (QED) is 0.322. The molecule has 2 N–H and O–H groups in total. The van der Waals surface area contributed by atoms with Crippen LogP contribution in [-0.2, 0) is 20.9 Å². The topological polar surface area (TPSA) is 114 Å². The lowest BCUT2D eigenvalue weighted by atomic mass is 9.94. The van der Waals surface area contributed by atoms with Gasteiger partial charge in [0.15, 0.2) is 5.13 Å². The van der Waals surface area contributed by atoms with Gasteiger partial charge in [0.1, 0.15) is 18.0 Å². The molecule has 0 spiro atoms. The Morgan fingerprint density at radius 2 is 1.84 bits per heavy atom. The van der Waals surface area contributed by atoms with Crippen molar-refractivity contribution in [3.8, 4) is 0 Å². The van der Waals surface area contributed by atoms with E-state index in [9.17, 15) is 14.4 Å². The van der Waals surface area contributed by atoms with Gasteiger partial charge >= 0.3 is 6.09 Å². The second-order valence-corrected chi connectivity index (χ2v) is 12.8. The largest absolute Gasteiger partial charge is 0.444 e. The number of thiazole rings is 1. The number of benzene rings is 1. The lowest BCUT2D eigenvalue weighted by molar-refractivity contribution is -0.120. The van der Waals surface area contributed by atoms with Crippen molar-refractivity contribution < 1.29 is 19.1 Å². The minimum atomic E-state index is -0.739. The molecule has 1 saturated heterocycles. The molecule has 1 aromatic carbocycles. The van der Waals surface area contributed by atoms with Crippen LogP contribution in [0.25, 0.3) is 0 Å². The molecule has 9 nitrogen and oxygen atoms in total. The molecule has 1 aliphatic heterocycles. The van der Waals surface area contributed by atoms with Crippen molar-refractivity contribution in [3.63, 3.8) is 0 Å².